The number of aliphatic imine (C=N–C) groups is 1. The fourth-order valence-electron chi connectivity index (χ4n) is 2.67. The summed E-state index contributed by atoms with van der Waals surface area (Å²) in [5, 5.41) is 10.6. The van der Waals surface area contributed by atoms with Gasteiger partial charge in [-0.15, -0.1) is 24.0 Å². The van der Waals surface area contributed by atoms with Gasteiger partial charge in [-0.05, 0) is 51.3 Å². The topological polar surface area (TPSA) is 80.9 Å². The number of ether oxygens (including phenoxy) is 2. The molecule has 1 aromatic carbocycles. The van der Waals surface area contributed by atoms with E-state index in [1.165, 1.54) is 5.56 Å². The second-order valence-corrected chi connectivity index (χ2v) is 6.16. The van der Waals surface area contributed by atoms with Crippen molar-refractivity contribution in [2.45, 2.75) is 47.1 Å². The molecule has 0 saturated heterocycles. The number of nitrogens with one attached hydrogen (secondary N) is 2. The van der Waals surface area contributed by atoms with E-state index < -0.39 is 0 Å². The van der Waals surface area contributed by atoms with E-state index in [0.29, 0.717) is 19.8 Å². The zero-order chi connectivity index (χ0) is 20.2. The maximum Gasteiger partial charge on any atom is 0.191 e. The first kappa shape index (κ1) is 25.1. The Kier molecular flexibility index (Phi) is 12.2. The monoisotopic (exact) mass is 516 g/mol. The largest absolute Gasteiger partial charge is 0.490 e. The number of nitrogens with zero attached hydrogens (tertiary/aromatic N) is 2. The van der Waals surface area contributed by atoms with E-state index >= 15 is 0 Å². The van der Waals surface area contributed by atoms with Crippen LogP contribution in [-0.2, 0) is 19.4 Å². The van der Waals surface area contributed by atoms with E-state index in [1.807, 2.05) is 39.0 Å². The summed E-state index contributed by atoms with van der Waals surface area (Å²) in [5.74, 6) is 3.10. The Morgan fingerprint density at radius 3 is 2.45 bits per heavy atom. The number of guanidine groups is 1. The lowest BCUT2D eigenvalue weighted by Gasteiger charge is -2.14. The Hall–Kier alpha value is -1.97. The normalized spacial score (nSPS) is 11.0. The molecular weight excluding hydrogens is 483 g/mol. The van der Waals surface area contributed by atoms with Gasteiger partial charge in [0.25, 0.3) is 0 Å². The molecular formula is C21H33IN4O3. The number of halogens is 1. The first-order chi connectivity index (χ1) is 13.7. The fourth-order valence-corrected chi connectivity index (χ4v) is 2.67. The highest BCUT2D eigenvalue weighted by Crippen LogP contribution is 2.28. The van der Waals surface area contributed by atoms with Crippen molar-refractivity contribution >= 4 is 29.9 Å². The van der Waals surface area contributed by atoms with Gasteiger partial charge in [0.2, 0.25) is 0 Å². The molecule has 8 heteroatoms. The van der Waals surface area contributed by atoms with Gasteiger partial charge in [0, 0.05) is 19.2 Å². The van der Waals surface area contributed by atoms with Crippen molar-refractivity contribution < 1.29 is 14.0 Å². The molecule has 7 nitrogen and oxygen atoms in total. The predicted molar refractivity (Wildman–Crippen MR) is 127 cm³/mol. The van der Waals surface area contributed by atoms with E-state index in [1.54, 1.807) is 0 Å². The second kappa shape index (κ2) is 14.1. The van der Waals surface area contributed by atoms with Crippen molar-refractivity contribution in [1.29, 1.82) is 0 Å². The Labute approximate surface area is 190 Å². The third-order valence-corrected chi connectivity index (χ3v) is 4.02. The zero-order valence-electron chi connectivity index (χ0n) is 17.8. The molecule has 2 N–H and O–H groups in total. The van der Waals surface area contributed by atoms with Gasteiger partial charge in [0.05, 0.1) is 18.9 Å². The number of rotatable bonds is 11. The molecule has 0 radical (unpaired) electrons. The smallest absolute Gasteiger partial charge is 0.191 e. The average Bonchev–Trinajstić information content (AvgIpc) is 3.16. The highest BCUT2D eigenvalue weighted by Gasteiger charge is 2.07. The molecule has 0 unspecified atom stereocenters. The van der Waals surface area contributed by atoms with Crippen LogP contribution in [0, 0.1) is 0 Å². The summed E-state index contributed by atoms with van der Waals surface area (Å²) in [6, 6.07) is 8.03. The summed E-state index contributed by atoms with van der Waals surface area (Å²) in [6.07, 6.45) is 1.70. The first-order valence-corrected chi connectivity index (χ1v) is 10.0. The molecule has 162 valence electrons. The maximum absolute atomic E-state index is 5.70. The second-order valence-electron chi connectivity index (χ2n) is 6.16. The molecule has 0 saturated carbocycles. The lowest BCUT2D eigenvalue weighted by atomic mass is 10.1. The summed E-state index contributed by atoms with van der Waals surface area (Å²) in [5.41, 5.74) is 2.13. The van der Waals surface area contributed by atoms with E-state index in [2.05, 4.69) is 33.8 Å². The molecule has 0 aliphatic heterocycles. The number of hydrogen-bond acceptors (Lipinski definition) is 5. The van der Waals surface area contributed by atoms with Gasteiger partial charge in [-0.3, -0.25) is 0 Å². The van der Waals surface area contributed by atoms with Gasteiger partial charge in [-0.2, -0.15) is 0 Å². The van der Waals surface area contributed by atoms with Crippen molar-refractivity contribution in [1.82, 2.24) is 15.8 Å². The van der Waals surface area contributed by atoms with Gasteiger partial charge in [0.15, 0.2) is 23.2 Å². The van der Waals surface area contributed by atoms with Crippen LogP contribution in [0.4, 0.5) is 0 Å². The Morgan fingerprint density at radius 1 is 1.03 bits per heavy atom. The van der Waals surface area contributed by atoms with Crippen LogP contribution in [0.2, 0.25) is 0 Å². The van der Waals surface area contributed by atoms with Gasteiger partial charge in [-0.25, -0.2) is 4.99 Å². The molecule has 0 spiro atoms. The van der Waals surface area contributed by atoms with Crippen LogP contribution < -0.4 is 20.1 Å². The standard InChI is InChI=1S/C21H32N4O3.HI/c1-5-17-14-18(28-25-17)15-24-21(22-6-2)23-12-11-16-9-10-19(26-7-3)20(13-16)27-8-4;/h9-10,13-14H,5-8,11-12,15H2,1-4H3,(H2,22,23,24);1H. The minimum Gasteiger partial charge on any atom is -0.490 e. The minimum absolute atomic E-state index is 0. The lowest BCUT2D eigenvalue weighted by molar-refractivity contribution is 0.287. The molecule has 0 fully saturated rings. The van der Waals surface area contributed by atoms with E-state index in [4.69, 9.17) is 14.0 Å². The van der Waals surface area contributed by atoms with Crippen LogP contribution in [0.25, 0.3) is 0 Å². The lowest BCUT2D eigenvalue weighted by Crippen LogP contribution is -2.38. The Bertz CT molecular complexity index is 749. The van der Waals surface area contributed by atoms with E-state index in [0.717, 1.165) is 54.8 Å². The van der Waals surface area contributed by atoms with Crippen molar-refractivity contribution in [2.75, 3.05) is 26.3 Å². The number of aryl methyl sites for hydroxylation is 1. The van der Waals surface area contributed by atoms with E-state index in [-0.39, 0.29) is 24.0 Å². The third-order valence-electron chi connectivity index (χ3n) is 4.02. The minimum atomic E-state index is 0. The fraction of sp³-hybridized carbons (Fsp3) is 0.524. The van der Waals surface area contributed by atoms with Gasteiger partial charge >= 0.3 is 0 Å². The Morgan fingerprint density at radius 2 is 1.79 bits per heavy atom. The SMILES string of the molecule is CCNC(=NCc1cc(CC)no1)NCCc1ccc(OCC)c(OCC)c1.I. The molecule has 0 aliphatic rings. The van der Waals surface area contributed by atoms with Crippen LogP contribution in [0.5, 0.6) is 11.5 Å². The number of hydrogen-bond donors (Lipinski definition) is 2. The van der Waals surface area contributed by atoms with Gasteiger partial charge < -0.3 is 24.6 Å². The number of benzene rings is 1. The van der Waals surface area contributed by atoms with Crippen LogP contribution in [0.1, 0.15) is 44.7 Å². The summed E-state index contributed by atoms with van der Waals surface area (Å²) < 4.78 is 16.6. The molecule has 1 aromatic heterocycles. The van der Waals surface area contributed by atoms with Gasteiger partial charge in [0.1, 0.15) is 6.54 Å². The van der Waals surface area contributed by atoms with Gasteiger partial charge in [-0.1, -0.05) is 18.1 Å². The summed E-state index contributed by atoms with van der Waals surface area (Å²) >= 11 is 0. The quantitative estimate of drug-likeness (QED) is 0.268. The van der Waals surface area contributed by atoms with Crippen LogP contribution >= 0.6 is 24.0 Å². The van der Waals surface area contributed by atoms with Crippen molar-refractivity contribution in [3.63, 3.8) is 0 Å². The molecule has 29 heavy (non-hydrogen) atoms. The highest BCUT2D eigenvalue weighted by atomic mass is 127. The van der Waals surface area contributed by atoms with Crippen molar-refractivity contribution in [3.05, 3.63) is 41.3 Å². The van der Waals surface area contributed by atoms with Crippen LogP contribution in [-0.4, -0.2) is 37.4 Å². The highest BCUT2D eigenvalue weighted by molar-refractivity contribution is 14.0. The Balaban J connectivity index is 0.00000420. The van der Waals surface area contributed by atoms with Crippen molar-refractivity contribution in [3.8, 4) is 11.5 Å². The molecule has 0 amide bonds. The average molecular weight is 516 g/mol. The van der Waals surface area contributed by atoms with E-state index in [9.17, 15) is 0 Å². The van der Waals surface area contributed by atoms with Crippen molar-refractivity contribution in [2.24, 2.45) is 4.99 Å². The molecule has 1 heterocycles. The summed E-state index contributed by atoms with van der Waals surface area (Å²) in [4.78, 5) is 4.56. The summed E-state index contributed by atoms with van der Waals surface area (Å²) in [6.45, 7) is 11.3. The third kappa shape index (κ3) is 8.51. The summed E-state index contributed by atoms with van der Waals surface area (Å²) in [7, 11) is 0. The first-order valence-electron chi connectivity index (χ1n) is 10.0. The maximum atomic E-state index is 5.70. The predicted octanol–water partition coefficient (Wildman–Crippen LogP) is 3.95. The van der Waals surface area contributed by atoms with Crippen LogP contribution in [0.15, 0.2) is 33.8 Å². The molecule has 0 aliphatic carbocycles. The molecule has 0 bridgehead atoms. The molecule has 2 rings (SSSR count). The number of aromatic nitrogens is 1. The molecule has 0 atom stereocenters. The molecule has 2 aromatic rings. The zero-order valence-corrected chi connectivity index (χ0v) is 20.1. The van der Waals surface area contributed by atoms with Crippen LogP contribution in [0.3, 0.4) is 0 Å².